The number of aliphatic imine (C=N–C) groups is 1. The molecule has 41 heavy (non-hydrogen) atoms. The third-order valence-electron chi connectivity index (χ3n) is 8.56. The molecule has 0 spiro atoms. The standard InChI is InChI=1S/C30H29FN8O2/c1-3-27(40)38-14-18-4-5-19(38)12-21(18)22-6-7-24-29(36-22)30(34-15-32-24)37-23-8-9-25(17(2)28(23)31)41-20-10-11-39-26(13-20)33-16-35-39/h3,8-11,13,15-16,18-19,21H,1,4-7,12,14H2,2H3,(H,32,34,37)/t18-,19?,21-/m1/s1. The number of aromatic nitrogens is 5. The highest BCUT2D eigenvalue weighted by Gasteiger charge is 2.44. The van der Waals surface area contributed by atoms with Crippen LogP contribution in [0, 0.1) is 24.6 Å². The molecule has 208 valence electrons. The van der Waals surface area contributed by atoms with E-state index in [1.54, 1.807) is 41.9 Å². The van der Waals surface area contributed by atoms with Gasteiger partial charge >= 0.3 is 0 Å². The fraction of sp³-hybridized carbons (Fsp3) is 0.333. The normalized spacial score (nSPS) is 21.4. The summed E-state index contributed by atoms with van der Waals surface area (Å²) in [5, 5.41) is 7.24. The molecule has 4 aromatic rings. The predicted molar refractivity (Wildman–Crippen MR) is 151 cm³/mol. The number of hydrogen-bond acceptors (Lipinski definition) is 8. The molecule has 3 aliphatic heterocycles. The highest BCUT2D eigenvalue weighted by molar-refractivity contribution is 5.94. The molecule has 1 aliphatic carbocycles. The maximum Gasteiger partial charge on any atom is 0.246 e. The molecule has 1 saturated carbocycles. The molecular weight excluding hydrogens is 523 g/mol. The number of rotatable bonds is 6. The van der Waals surface area contributed by atoms with Crippen LogP contribution in [-0.4, -0.2) is 53.7 Å². The molecule has 2 saturated heterocycles. The zero-order chi connectivity index (χ0) is 28.1. The number of amides is 1. The van der Waals surface area contributed by atoms with Crippen molar-refractivity contribution in [2.24, 2.45) is 16.8 Å². The molecule has 6 heterocycles. The van der Waals surface area contributed by atoms with Gasteiger partial charge in [0.25, 0.3) is 0 Å². The summed E-state index contributed by atoms with van der Waals surface area (Å²) in [6, 6.07) is 7.08. The van der Waals surface area contributed by atoms with Crippen molar-refractivity contribution < 1.29 is 13.9 Å². The zero-order valence-corrected chi connectivity index (χ0v) is 22.6. The highest BCUT2D eigenvalue weighted by atomic mass is 19.1. The summed E-state index contributed by atoms with van der Waals surface area (Å²) >= 11 is 0. The fourth-order valence-corrected chi connectivity index (χ4v) is 6.42. The van der Waals surface area contributed by atoms with Gasteiger partial charge in [-0.15, -0.1) is 0 Å². The van der Waals surface area contributed by atoms with E-state index in [1.165, 1.54) is 18.7 Å². The Hall–Kier alpha value is -4.67. The van der Waals surface area contributed by atoms with Gasteiger partial charge in [-0.3, -0.25) is 9.79 Å². The number of ether oxygens (including phenoxy) is 1. The van der Waals surface area contributed by atoms with Crippen LogP contribution >= 0.6 is 0 Å². The third-order valence-corrected chi connectivity index (χ3v) is 8.56. The summed E-state index contributed by atoms with van der Waals surface area (Å²) in [5.41, 5.74) is 3.91. The Kier molecular flexibility index (Phi) is 6.21. The van der Waals surface area contributed by atoms with Gasteiger partial charge in [0.05, 0.1) is 11.4 Å². The van der Waals surface area contributed by atoms with Gasteiger partial charge in [-0.25, -0.2) is 23.9 Å². The Labute approximate surface area is 236 Å². The largest absolute Gasteiger partial charge is 0.457 e. The molecule has 0 radical (unpaired) electrons. The first-order valence-electron chi connectivity index (χ1n) is 13.9. The van der Waals surface area contributed by atoms with Crippen molar-refractivity contribution in [3.05, 3.63) is 72.8 Å². The predicted octanol–water partition coefficient (Wildman–Crippen LogP) is 5.33. The molecule has 1 unspecified atom stereocenters. The summed E-state index contributed by atoms with van der Waals surface area (Å²) < 4.78 is 23.2. The molecular formula is C30H29FN8O2. The lowest BCUT2D eigenvalue weighted by Gasteiger charge is -2.50. The minimum atomic E-state index is -0.435. The molecule has 4 aliphatic rings. The average molecular weight is 553 g/mol. The van der Waals surface area contributed by atoms with Crippen molar-refractivity contribution in [1.29, 1.82) is 0 Å². The van der Waals surface area contributed by atoms with Crippen LogP contribution in [0.2, 0.25) is 0 Å². The van der Waals surface area contributed by atoms with Crippen molar-refractivity contribution in [3.8, 4) is 11.5 Å². The van der Waals surface area contributed by atoms with Crippen molar-refractivity contribution in [3.63, 3.8) is 0 Å². The van der Waals surface area contributed by atoms with E-state index in [1.807, 2.05) is 4.90 Å². The van der Waals surface area contributed by atoms with E-state index in [-0.39, 0.29) is 17.6 Å². The first kappa shape index (κ1) is 25.3. The maximum absolute atomic E-state index is 15.6. The molecule has 1 N–H and O–H groups in total. The second-order valence-corrected chi connectivity index (χ2v) is 10.9. The monoisotopic (exact) mass is 552 g/mol. The van der Waals surface area contributed by atoms with Crippen molar-refractivity contribution in [2.75, 3.05) is 11.9 Å². The average Bonchev–Trinajstić information content (AvgIpc) is 3.48. The number of carbonyl (C=O) groups excluding carboxylic acids is 1. The molecule has 11 heteroatoms. The molecule has 1 aromatic carbocycles. The van der Waals surface area contributed by atoms with E-state index in [0.29, 0.717) is 46.1 Å². The molecule has 8 rings (SSSR count). The topological polar surface area (TPSA) is 110 Å². The smallest absolute Gasteiger partial charge is 0.246 e. The van der Waals surface area contributed by atoms with Crippen molar-refractivity contribution in [1.82, 2.24) is 29.5 Å². The van der Waals surface area contributed by atoms with Crippen LogP contribution in [0.25, 0.3) is 5.65 Å². The summed E-state index contributed by atoms with van der Waals surface area (Å²) in [6.45, 7) is 6.09. The van der Waals surface area contributed by atoms with Gasteiger partial charge in [0.15, 0.2) is 17.3 Å². The lowest BCUT2D eigenvalue weighted by molar-refractivity contribution is -0.134. The number of fused-ring (bicyclic) bond motifs is 5. The first-order chi connectivity index (χ1) is 20.0. The second kappa shape index (κ2) is 10.1. The minimum Gasteiger partial charge on any atom is -0.457 e. The Morgan fingerprint density at radius 3 is 2.90 bits per heavy atom. The number of aryl methyl sites for hydroxylation is 1. The molecule has 10 nitrogen and oxygen atoms in total. The van der Waals surface area contributed by atoms with Crippen molar-refractivity contribution in [2.45, 2.75) is 45.1 Å². The minimum absolute atomic E-state index is 0.0131. The molecule has 3 atom stereocenters. The number of nitrogens with zero attached hydrogens (tertiary/aromatic N) is 7. The van der Waals surface area contributed by atoms with E-state index in [2.05, 4.69) is 31.9 Å². The lowest BCUT2D eigenvalue weighted by Crippen LogP contribution is -2.55. The van der Waals surface area contributed by atoms with Crippen LogP contribution in [0.5, 0.6) is 11.5 Å². The maximum atomic E-state index is 15.6. The van der Waals surface area contributed by atoms with Crippen LogP contribution in [0.1, 0.15) is 36.9 Å². The fourth-order valence-electron chi connectivity index (χ4n) is 6.42. The number of piperidine rings is 2. The Bertz CT molecular complexity index is 1720. The zero-order valence-electron chi connectivity index (χ0n) is 22.6. The molecule has 3 fully saturated rings. The Morgan fingerprint density at radius 2 is 2.07 bits per heavy atom. The number of nitrogens with one attached hydrogen (secondary N) is 1. The second-order valence-electron chi connectivity index (χ2n) is 10.9. The number of halogens is 1. The summed E-state index contributed by atoms with van der Waals surface area (Å²) in [4.78, 5) is 32.4. The Morgan fingerprint density at radius 1 is 1.17 bits per heavy atom. The highest BCUT2D eigenvalue weighted by Crippen LogP contribution is 2.44. The van der Waals surface area contributed by atoms with Crippen molar-refractivity contribution >= 4 is 34.5 Å². The summed E-state index contributed by atoms with van der Waals surface area (Å²) in [6.07, 6.45) is 10.7. The number of benzene rings is 1. The van der Waals surface area contributed by atoms with E-state index in [4.69, 9.17) is 9.73 Å². The summed E-state index contributed by atoms with van der Waals surface area (Å²) in [7, 11) is 0. The van der Waals surface area contributed by atoms with Gasteiger partial charge in [0, 0.05) is 42.0 Å². The van der Waals surface area contributed by atoms with E-state index in [9.17, 15) is 4.79 Å². The van der Waals surface area contributed by atoms with Gasteiger partial charge in [-0.05, 0) is 69.2 Å². The van der Waals surface area contributed by atoms with E-state index < -0.39 is 5.82 Å². The molecule has 1 amide bonds. The SMILES string of the molecule is C=CC(=O)N1C[C@H]2CCC1C[C@H]2C1=Nc2c(ncnc2Nc2ccc(Oc3ccn4ncnc4c3)c(C)c2F)CC1. The van der Waals surface area contributed by atoms with Gasteiger partial charge in [0.2, 0.25) is 5.91 Å². The number of pyridine rings is 1. The van der Waals surface area contributed by atoms with Crippen LogP contribution in [0.4, 0.5) is 21.6 Å². The van der Waals surface area contributed by atoms with E-state index in [0.717, 1.165) is 50.1 Å². The lowest BCUT2D eigenvalue weighted by atomic mass is 9.69. The third kappa shape index (κ3) is 4.51. The number of hydrogen-bond donors (Lipinski definition) is 1. The van der Waals surface area contributed by atoms with Gasteiger partial charge in [-0.2, -0.15) is 5.10 Å². The molecule has 2 bridgehead atoms. The number of carbonyl (C=O) groups is 1. The first-order valence-corrected chi connectivity index (χ1v) is 13.9. The van der Waals surface area contributed by atoms with Crippen LogP contribution in [0.15, 0.2) is 60.8 Å². The van der Waals surface area contributed by atoms with Gasteiger partial charge in [0.1, 0.15) is 29.8 Å². The quantitative estimate of drug-likeness (QED) is 0.322. The van der Waals surface area contributed by atoms with Crippen LogP contribution < -0.4 is 10.1 Å². The van der Waals surface area contributed by atoms with Gasteiger partial charge in [-0.1, -0.05) is 6.58 Å². The Balaban J connectivity index is 1.13. The van der Waals surface area contributed by atoms with Gasteiger partial charge < -0.3 is 15.0 Å². The number of anilines is 2. The van der Waals surface area contributed by atoms with Crippen LogP contribution in [-0.2, 0) is 11.2 Å². The van der Waals surface area contributed by atoms with Crippen LogP contribution in [0.3, 0.4) is 0 Å². The summed E-state index contributed by atoms with van der Waals surface area (Å²) in [5.74, 6) is 1.68. The molecule has 3 aromatic heterocycles. The van der Waals surface area contributed by atoms with E-state index >= 15 is 4.39 Å².